The molecule has 1 aromatic heterocycles. The Morgan fingerprint density at radius 1 is 1.52 bits per heavy atom. The molecular formula is C11H10FN5O4. The topological polar surface area (TPSA) is 125 Å². The van der Waals surface area contributed by atoms with Gasteiger partial charge in [-0.05, 0) is 12.1 Å². The van der Waals surface area contributed by atoms with E-state index in [0.717, 1.165) is 18.2 Å². The molecule has 3 N–H and O–H groups in total. The molecule has 0 radical (unpaired) electrons. The molecule has 0 aliphatic carbocycles. The molecule has 1 aromatic carbocycles. The number of nitro groups is 1. The van der Waals surface area contributed by atoms with Gasteiger partial charge in [-0.3, -0.25) is 20.3 Å². The van der Waals surface area contributed by atoms with Crippen molar-refractivity contribution in [2.24, 2.45) is 5.84 Å². The molecule has 0 fully saturated rings. The van der Waals surface area contributed by atoms with E-state index in [1.807, 2.05) is 5.43 Å². The Bertz CT molecular complexity index is 687. The summed E-state index contributed by atoms with van der Waals surface area (Å²) in [7, 11) is 0. The molecule has 10 heteroatoms. The van der Waals surface area contributed by atoms with E-state index < -0.39 is 16.6 Å². The van der Waals surface area contributed by atoms with Crippen LogP contribution in [0.25, 0.3) is 0 Å². The maximum Gasteiger partial charge on any atom is 0.311 e. The number of ether oxygens (including phenoxy) is 1. The van der Waals surface area contributed by atoms with Crippen molar-refractivity contribution in [3.8, 4) is 5.75 Å². The summed E-state index contributed by atoms with van der Waals surface area (Å²) in [5.74, 6) is 3.46. The molecule has 2 rings (SSSR count). The zero-order chi connectivity index (χ0) is 15.4. The third kappa shape index (κ3) is 3.30. The summed E-state index contributed by atoms with van der Waals surface area (Å²) in [6.45, 7) is -0.234. The van der Waals surface area contributed by atoms with Gasteiger partial charge in [-0.15, -0.1) is 0 Å². The van der Waals surface area contributed by atoms with Crippen molar-refractivity contribution in [1.29, 1.82) is 0 Å². The zero-order valence-electron chi connectivity index (χ0n) is 10.5. The van der Waals surface area contributed by atoms with E-state index in [1.54, 1.807) is 0 Å². The number of nitrogens with one attached hydrogen (secondary N) is 1. The average Bonchev–Trinajstić information content (AvgIpc) is 2.93. The van der Waals surface area contributed by atoms with Gasteiger partial charge in [0.2, 0.25) is 5.75 Å². The molecule has 0 aliphatic heterocycles. The maximum absolute atomic E-state index is 13.1. The van der Waals surface area contributed by atoms with Crippen molar-refractivity contribution >= 4 is 11.6 Å². The van der Waals surface area contributed by atoms with Crippen LogP contribution in [-0.4, -0.2) is 20.6 Å². The van der Waals surface area contributed by atoms with Gasteiger partial charge in [0.15, 0.2) is 12.4 Å². The quantitative estimate of drug-likeness (QED) is 0.359. The lowest BCUT2D eigenvalue weighted by Crippen LogP contribution is -2.30. The summed E-state index contributed by atoms with van der Waals surface area (Å²) in [6, 6.07) is 4.24. The van der Waals surface area contributed by atoms with Crippen molar-refractivity contribution in [3.63, 3.8) is 0 Å². The minimum absolute atomic E-state index is 0.0508. The Morgan fingerprint density at radius 2 is 2.29 bits per heavy atom. The number of amides is 1. The SMILES string of the molecule is NNC(=O)c1ccn(COc2cc(F)ccc2[N+](=O)[O-])n1. The largest absolute Gasteiger partial charge is 0.464 e. The summed E-state index contributed by atoms with van der Waals surface area (Å²) >= 11 is 0. The fraction of sp³-hybridized carbons (Fsp3) is 0.0909. The van der Waals surface area contributed by atoms with Crippen LogP contribution in [0.1, 0.15) is 10.5 Å². The minimum Gasteiger partial charge on any atom is -0.464 e. The van der Waals surface area contributed by atoms with Crippen molar-refractivity contribution in [1.82, 2.24) is 15.2 Å². The second-order valence-electron chi connectivity index (χ2n) is 3.86. The summed E-state index contributed by atoms with van der Waals surface area (Å²) in [6.07, 6.45) is 1.41. The first-order valence-electron chi connectivity index (χ1n) is 5.62. The summed E-state index contributed by atoms with van der Waals surface area (Å²) < 4.78 is 19.5. The fourth-order valence-electron chi connectivity index (χ4n) is 1.52. The first-order valence-corrected chi connectivity index (χ1v) is 5.62. The van der Waals surface area contributed by atoms with Crippen LogP contribution in [0.4, 0.5) is 10.1 Å². The van der Waals surface area contributed by atoms with Crippen LogP contribution in [0, 0.1) is 15.9 Å². The number of halogens is 1. The molecule has 0 bridgehead atoms. The van der Waals surface area contributed by atoms with E-state index >= 15 is 0 Å². The number of hydrogen-bond donors (Lipinski definition) is 2. The van der Waals surface area contributed by atoms with Crippen molar-refractivity contribution in [2.75, 3.05) is 0 Å². The highest BCUT2D eigenvalue weighted by molar-refractivity contribution is 5.91. The highest BCUT2D eigenvalue weighted by Gasteiger charge is 2.16. The van der Waals surface area contributed by atoms with Gasteiger partial charge in [0, 0.05) is 18.3 Å². The molecule has 0 aliphatic rings. The van der Waals surface area contributed by atoms with Crippen molar-refractivity contribution in [3.05, 3.63) is 52.1 Å². The van der Waals surface area contributed by atoms with Crippen LogP contribution in [0.5, 0.6) is 5.75 Å². The molecule has 0 spiro atoms. The third-order valence-electron chi connectivity index (χ3n) is 2.48. The molecular weight excluding hydrogens is 285 g/mol. The number of rotatable bonds is 5. The number of benzene rings is 1. The molecule has 9 nitrogen and oxygen atoms in total. The van der Waals surface area contributed by atoms with Gasteiger partial charge in [-0.25, -0.2) is 14.9 Å². The van der Waals surface area contributed by atoms with Gasteiger partial charge < -0.3 is 4.74 Å². The van der Waals surface area contributed by atoms with E-state index in [1.165, 1.54) is 16.9 Å². The van der Waals surface area contributed by atoms with Crippen LogP contribution in [0.3, 0.4) is 0 Å². The van der Waals surface area contributed by atoms with Gasteiger partial charge in [-0.2, -0.15) is 5.10 Å². The van der Waals surface area contributed by atoms with Gasteiger partial charge in [-0.1, -0.05) is 0 Å². The molecule has 0 unspecified atom stereocenters. The average molecular weight is 295 g/mol. The first-order chi connectivity index (χ1) is 10.0. The number of hydrogen-bond acceptors (Lipinski definition) is 6. The lowest BCUT2D eigenvalue weighted by atomic mass is 10.3. The van der Waals surface area contributed by atoms with Gasteiger partial charge >= 0.3 is 5.69 Å². The summed E-state index contributed by atoms with van der Waals surface area (Å²) in [5.41, 5.74) is 1.58. The van der Waals surface area contributed by atoms with E-state index in [-0.39, 0.29) is 23.9 Å². The predicted molar refractivity (Wildman–Crippen MR) is 67.6 cm³/mol. The van der Waals surface area contributed by atoms with Crippen LogP contribution >= 0.6 is 0 Å². The number of nitrogens with zero attached hydrogens (tertiary/aromatic N) is 3. The van der Waals surface area contributed by atoms with Crippen molar-refractivity contribution in [2.45, 2.75) is 6.73 Å². The molecule has 0 atom stereocenters. The number of hydrazine groups is 1. The standard InChI is InChI=1S/C11H10FN5O4/c12-7-1-2-9(17(19)20)10(5-7)21-6-16-4-3-8(15-16)11(18)14-13/h1-5H,6,13H2,(H,14,18). The molecule has 0 saturated heterocycles. The molecule has 1 heterocycles. The third-order valence-corrected chi connectivity index (χ3v) is 2.48. The summed E-state index contributed by atoms with van der Waals surface area (Å²) in [5, 5.41) is 14.6. The number of aromatic nitrogens is 2. The van der Waals surface area contributed by atoms with Crippen LogP contribution in [-0.2, 0) is 6.73 Å². The van der Waals surface area contributed by atoms with Gasteiger partial charge in [0.25, 0.3) is 5.91 Å². The van der Waals surface area contributed by atoms with Crippen molar-refractivity contribution < 1.29 is 18.8 Å². The molecule has 110 valence electrons. The van der Waals surface area contributed by atoms with Crippen LogP contribution < -0.4 is 16.0 Å². The highest BCUT2D eigenvalue weighted by atomic mass is 19.1. The van der Waals surface area contributed by atoms with E-state index in [9.17, 15) is 19.3 Å². The number of carbonyl (C=O) groups excluding carboxylic acids is 1. The van der Waals surface area contributed by atoms with Gasteiger partial charge in [0.1, 0.15) is 5.82 Å². The Labute approximate surface area is 117 Å². The number of nitro benzene ring substituents is 1. The molecule has 2 aromatic rings. The fourth-order valence-corrected chi connectivity index (χ4v) is 1.52. The van der Waals surface area contributed by atoms with Crippen LogP contribution in [0.15, 0.2) is 30.5 Å². The molecule has 21 heavy (non-hydrogen) atoms. The predicted octanol–water partition coefficient (Wildman–Crippen LogP) is 0.570. The minimum atomic E-state index is -0.689. The molecule has 0 saturated carbocycles. The lowest BCUT2D eigenvalue weighted by Gasteiger charge is -2.06. The Kier molecular flexibility index (Phi) is 4.09. The smallest absolute Gasteiger partial charge is 0.311 e. The normalized spacial score (nSPS) is 10.2. The number of nitrogen functional groups attached to an aromatic ring is 1. The number of nitrogens with two attached hydrogens (primary N) is 1. The first kappa shape index (κ1) is 14.4. The lowest BCUT2D eigenvalue weighted by molar-refractivity contribution is -0.386. The van der Waals surface area contributed by atoms with E-state index in [2.05, 4.69) is 5.10 Å². The maximum atomic E-state index is 13.1. The Balaban J connectivity index is 2.13. The summed E-state index contributed by atoms with van der Waals surface area (Å²) in [4.78, 5) is 21.3. The van der Waals surface area contributed by atoms with Crippen LogP contribution in [0.2, 0.25) is 0 Å². The van der Waals surface area contributed by atoms with E-state index in [0.29, 0.717) is 0 Å². The highest BCUT2D eigenvalue weighted by Crippen LogP contribution is 2.27. The van der Waals surface area contributed by atoms with Gasteiger partial charge in [0.05, 0.1) is 4.92 Å². The molecule has 1 amide bonds. The number of carbonyl (C=O) groups is 1. The Hall–Kier alpha value is -3.01. The monoisotopic (exact) mass is 295 g/mol. The van der Waals surface area contributed by atoms with E-state index in [4.69, 9.17) is 10.6 Å². The Morgan fingerprint density at radius 3 is 2.95 bits per heavy atom. The second-order valence-corrected chi connectivity index (χ2v) is 3.86. The second kappa shape index (κ2) is 5.96. The zero-order valence-corrected chi connectivity index (χ0v) is 10.5.